The Morgan fingerprint density at radius 1 is 1.05 bits per heavy atom. The summed E-state index contributed by atoms with van der Waals surface area (Å²) < 4.78 is 20.2. The average molecular weight is 539 g/mol. The molecule has 39 heavy (non-hydrogen) atoms. The van der Waals surface area contributed by atoms with E-state index in [2.05, 4.69) is 22.5 Å². The van der Waals surface area contributed by atoms with Crippen molar-refractivity contribution in [2.45, 2.75) is 50.7 Å². The number of hydrogen-bond acceptors (Lipinski definition) is 5. The molecule has 0 radical (unpaired) electrons. The van der Waals surface area contributed by atoms with Gasteiger partial charge in [0.15, 0.2) is 0 Å². The van der Waals surface area contributed by atoms with Crippen molar-refractivity contribution < 1.29 is 23.5 Å². The van der Waals surface area contributed by atoms with Gasteiger partial charge in [-0.1, -0.05) is 67.6 Å². The molecule has 0 aliphatic carbocycles. The van der Waals surface area contributed by atoms with Crippen LogP contribution in [-0.2, 0) is 27.2 Å². The molecule has 0 spiro atoms. The van der Waals surface area contributed by atoms with Gasteiger partial charge in [-0.25, -0.2) is 4.39 Å². The Morgan fingerprint density at radius 3 is 2.49 bits per heavy atom. The number of alkyl halides is 1. The number of likely N-dealkylation sites (N-methyl/N-ethyl adjacent to an activating group) is 1. The minimum Gasteiger partial charge on any atom is -0.492 e. The molecule has 2 aromatic rings. The van der Waals surface area contributed by atoms with Crippen molar-refractivity contribution in [3.8, 4) is 5.75 Å². The minimum absolute atomic E-state index is 0.225. The highest BCUT2D eigenvalue weighted by molar-refractivity contribution is 5.94. The van der Waals surface area contributed by atoms with Gasteiger partial charge in [0.2, 0.25) is 17.7 Å². The number of rotatable bonds is 5. The maximum atomic E-state index is 14.2. The summed E-state index contributed by atoms with van der Waals surface area (Å²) in [7, 11) is 1.39. The Morgan fingerprint density at radius 2 is 1.77 bits per heavy atom. The summed E-state index contributed by atoms with van der Waals surface area (Å²) in [5.74, 6) is -0.843. The Kier molecular flexibility index (Phi) is 11.5. The second-order valence-electron chi connectivity index (χ2n) is 9.62. The first-order chi connectivity index (χ1) is 18.8. The molecule has 1 aliphatic rings. The van der Waals surface area contributed by atoms with E-state index in [1.807, 2.05) is 61.5 Å². The number of nitrogens with one attached hydrogen (secondary N) is 3. The van der Waals surface area contributed by atoms with E-state index in [9.17, 15) is 18.8 Å². The van der Waals surface area contributed by atoms with Crippen LogP contribution in [0.15, 0.2) is 66.7 Å². The molecule has 3 amide bonds. The molecule has 0 unspecified atom stereocenters. The van der Waals surface area contributed by atoms with E-state index in [-0.39, 0.29) is 12.3 Å². The zero-order valence-corrected chi connectivity index (χ0v) is 22.8. The van der Waals surface area contributed by atoms with Crippen molar-refractivity contribution >= 4 is 17.7 Å². The fourth-order valence-corrected chi connectivity index (χ4v) is 4.47. The highest BCUT2D eigenvalue weighted by Crippen LogP contribution is 2.19. The zero-order valence-electron chi connectivity index (χ0n) is 22.8. The molecule has 210 valence electrons. The number of fused-ring (bicyclic) bond motifs is 1. The number of aryl methyl sites for hydroxylation is 1. The number of carbonyl (C=O) groups is 3. The number of carbonyl (C=O) groups excluding carboxylic acids is 3. The van der Waals surface area contributed by atoms with Gasteiger partial charge in [-0.3, -0.25) is 19.7 Å². The molecule has 0 fully saturated rings. The van der Waals surface area contributed by atoms with E-state index in [1.54, 1.807) is 0 Å². The van der Waals surface area contributed by atoms with Gasteiger partial charge >= 0.3 is 0 Å². The third kappa shape index (κ3) is 8.38. The Hall–Kier alpha value is -3.72. The van der Waals surface area contributed by atoms with Gasteiger partial charge in [0.1, 0.15) is 37.2 Å². The van der Waals surface area contributed by atoms with Crippen molar-refractivity contribution in [3.05, 3.63) is 77.9 Å². The van der Waals surface area contributed by atoms with Crippen LogP contribution in [-0.4, -0.2) is 74.2 Å². The third-order valence-electron chi connectivity index (χ3n) is 6.89. The normalized spacial score (nSPS) is 22.0. The highest BCUT2D eigenvalue weighted by Gasteiger charge is 2.34. The molecule has 3 N–H and O–H groups in total. The van der Waals surface area contributed by atoms with Gasteiger partial charge in [0, 0.05) is 26.6 Å². The lowest BCUT2D eigenvalue weighted by molar-refractivity contribution is -0.141. The van der Waals surface area contributed by atoms with Gasteiger partial charge in [-0.05, 0) is 36.5 Å². The van der Waals surface area contributed by atoms with Gasteiger partial charge in [-0.15, -0.1) is 0 Å². The predicted molar refractivity (Wildman–Crippen MR) is 149 cm³/mol. The number of amides is 3. The van der Waals surface area contributed by atoms with Crippen molar-refractivity contribution in [2.24, 2.45) is 0 Å². The van der Waals surface area contributed by atoms with E-state index in [4.69, 9.17) is 4.74 Å². The maximum Gasteiger partial charge on any atom is 0.246 e. The smallest absolute Gasteiger partial charge is 0.246 e. The summed E-state index contributed by atoms with van der Waals surface area (Å²) in [6, 6.07) is 13.8. The summed E-state index contributed by atoms with van der Waals surface area (Å²) >= 11 is 0. The van der Waals surface area contributed by atoms with Crippen molar-refractivity contribution in [1.29, 1.82) is 0 Å². The molecule has 0 saturated carbocycles. The van der Waals surface area contributed by atoms with Crippen LogP contribution in [0.3, 0.4) is 0 Å². The van der Waals surface area contributed by atoms with E-state index >= 15 is 0 Å². The molecular formula is C30H39FN4O4. The SMILES string of the molecule is C=C(CC)[C@@H]1NCCOc2ccccc2CCCNC(=O)[C@@H](Cc2ccccc2)NC(=O)[C@H](CF)N(C)C1=O. The molecule has 3 atom stereocenters. The van der Waals surface area contributed by atoms with Crippen LogP contribution in [0, 0.1) is 0 Å². The van der Waals surface area contributed by atoms with Crippen LogP contribution in [0.4, 0.5) is 4.39 Å². The Labute approximate surface area is 230 Å². The van der Waals surface area contributed by atoms with Crippen LogP contribution < -0.4 is 20.7 Å². The maximum absolute atomic E-state index is 14.2. The predicted octanol–water partition coefficient (Wildman–Crippen LogP) is 2.58. The van der Waals surface area contributed by atoms with Crippen LogP contribution in [0.2, 0.25) is 0 Å². The summed E-state index contributed by atoms with van der Waals surface area (Å²) in [5.41, 5.74) is 2.47. The summed E-state index contributed by atoms with van der Waals surface area (Å²) in [6.45, 7) is 5.82. The van der Waals surface area contributed by atoms with Gasteiger partial charge in [0.05, 0.1) is 0 Å². The lowest BCUT2D eigenvalue weighted by Gasteiger charge is -2.31. The van der Waals surface area contributed by atoms with Crippen LogP contribution >= 0.6 is 0 Å². The number of hydrogen-bond donors (Lipinski definition) is 3. The fourth-order valence-electron chi connectivity index (χ4n) is 4.47. The largest absolute Gasteiger partial charge is 0.492 e. The van der Waals surface area contributed by atoms with Crippen molar-refractivity contribution in [1.82, 2.24) is 20.9 Å². The highest BCUT2D eigenvalue weighted by atomic mass is 19.1. The summed E-state index contributed by atoms with van der Waals surface area (Å²) in [5, 5.41) is 8.76. The number of halogens is 1. The third-order valence-corrected chi connectivity index (χ3v) is 6.89. The van der Waals surface area contributed by atoms with Gasteiger partial charge < -0.3 is 20.3 Å². The molecule has 9 heteroatoms. The lowest BCUT2D eigenvalue weighted by Crippen LogP contribution is -2.58. The molecule has 8 nitrogen and oxygen atoms in total. The first-order valence-corrected chi connectivity index (χ1v) is 13.4. The molecule has 2 aromatic carbocycles. The van der Waals surface area contributed by atoms with E-state index < -0.39 is 36.6 Å². The molecule has 0 saturated heterocycles. The number of ether oxygens (including phenoxy) is 1. The number of benzene rings is 2. The topological polar surface area (TPSA) is 99.8 Å². The Bertz CT molecular complexity index is 1130. The first kappa shape index (κ1) is 29.8. The van der Waals surface area contributed by atoms with E-state index in [1.165, 1.54) is 7.05 Å². The fraction of sp³-hybridized carbons (Fsp3) is 0.433. The lowest BCUT2D eigenvalue weighted by atomic mass is 10.0. The quantitative estimate of drug-likeness (QED) is 0.509. The summed E-state index contributed by atoms with van der Waals surface area (Å²) in [4.78, 5) is 40.9. The number of nitrogens with zero attached hydrogens (tertiary/aromatic N) is 1. The van der Waals surface area contributed by atoms with E-state index in [0.29, 0.717) is 44.5 Å². The van der Waals surface area contributed by atoms with Gasteiger partial charge in [-0.2, -0.15) is 0 Å². The average Bonchev–Trinajstić information content (AvgIpc) is 2.95. The summed E-state index contributed by atoms with van der Waals surface area (Å²) in [6.07, 6.45) is 2.09. The second-order valence-corrected chi connectivity index (χ2v) is 9.62. The molecule has 3 rings (SSSR count). The zero-order chi connectivity index (χ0) is 28.2. The number of para-hydroxylation sites is 1. The molecule has 0 bridgehead atoms. The van der Waals surface area contributed by atoms with Crippen molar-refractivity contribution in [2.75, 3.05) is 33.4 Å². The monoisotopic (exact) mass is 538 g/mol. The van der Waals surface area contributed by atoms with Crippen LogP contribution in [0.25, 0.3) is 0 Å². The van der Waals surface area contributed by atoms with E-state index in [0.717, 1.165) is 21.8 Å². The standard InChI is InChI=1S/C30H39FN4O4/c1-4-21(2)27-30(38)35(3)25(20-31)29(37)34-24(19-22-11-6-5-7-12-22)28(36)33-16-10-14-23-13-8-9-15-26(23)39-18-17-32-27/h5-9,11-13,15,24-25,27,32H,2,4,10,14,16-20H2,1,3H3,(H,33,36)(H,34,37)/t24-,25+,27+/m1/s1. The van der Waals surface area contributed by atoms with Crippen LogP contribution in [0.5, 0.6) is 5.75 Å². The molecule has 1 heterocycles. The molecule has 1 aliphatic heterocycles. The Balaban J connectivity index is 1.89. The van der Waals surface area contributed by atoms with Gasteiger partial charge in [0.25, 0.3) is 0 Å². The minimum atomic E-state index is -1.40. The second kappa shape index (κ2) is 15.0. The van der Waals surface area contributed by atoms with Crippen molar-refractivity contribution in [3.63, 3.8) is 0 Å². The molecule has 0 aromatic heterocycles. The van der Waals surface area contributed by atoms with Crippen LogP contribution in [0.1, 0.15) is 30.9 Å². The first-order valence-electron chi connectivity index (χ1n) is 13.4. The molecular weight excluding hydrogens is 499 g/mol.